The average molecular weight is 379 g/mol. The van der Waals surface area contributed by atoms with E-state index in [0.29, 0.717) is 6.04 Å². The molecule has 1 aromatic carbocycles. The Morgan fingerprint density at radius 1 is 1.28 bits per heavy atom. The van der Waals surface area contributed by atoms with Gasteiger partial charge in [0.2, 0.25) is 0 Å². The summed E-state index contributed by atoms with van der Waals surface area (Å²) in [6, 6.07) is 4.66. The molecule has 0 heterocycles. The Morgan fingerprint density at radius 2 is 2.00 bits per heavy atom. The standard InChI is InChI=1S/C14H21Br2NO/c1-4-6-18-14-11(9-17-10(3)5-2)7-12(15)8-13(14)16/h7-8,10,17H,4-6,9H2,1-3H3/t10-/m1/s1. The maximum Gasteiger partial charge on any atom is 0.138 e. The van der Waals surface area contributed by atoms with Crippen molar-refractivity contribution in [3.63, 3.8) is 0 Å². The van der Waals surface area contributed by atoms with Crippen LogP contribution in [-0.4, -0.2) is 12.6 Å². The topological polar surface area (TPSA) is 21.3 Å². The van der Waals surface area contributed by atoms with E-state index in [1.165, 1.54) is 5.56 Å². The fraction of sp³-hybridized carbons (Fsp3) is 0.571. The van der Waals surface area contributed by atoms with Gasteiger partial charge in [-0.3, -0.25) is 0 Å². The van der Waals surface area contributed by atoms with Crippen molar-refractivity contribution in [3.8, 4) is 5.75 Å². The monoisotopic (exact) mass is 377 g/mol. The van der Waals surface area contributed by atoms with Crippen LogP contribution in [0.1, 0.15) is 39.2 Å². The highest BCUT2D eigenvalue weighted by Gasteiger charge is 2.10. The maximum atomic E-state index is 5.83. The molecule has 0 saturated carbocycles. The summed E-state index contributed by atoms with van der Waals surface area (Å²) in [7, 11) is 0. The van der Waals surface area contributed by atoms with Crippen molar-refractivity contribution in [1.29, 1.82) is 0 Å². The Morgan fingerprint density at radius 3 is 2.61 bits per heavy atom. The first-order valence-electron chi connectivity index (χ1n) is 6.42. The number of ether oxygens (including phenoxy) is 1. The Hall–Kier alpha value is -0.0600. The molecular formula is C14H21Br2NO. The van der Waals surface area contributed by atoms with Gasteiger partial charge in [-0.1, -0.05) is 29.8 Å². The van der Waals surface area contributed by atoms with Crippen LogP contribution in [0, 0.1) is 0 Å². The van der Waals surface area contributed by atoms with Crippen molar-refractivity contribution < 1.29 is 4.74 Å². The van der Waals surface area contributed by atoms with E-state index in [2.05, 4.69) is 64.0 Å². The molecule has 4 heteroatoms. The predicted octanol–water partition coefficient (Wildman–Crippen LogP) is 4.89. The fourth-order valence-corrected chi connectivity index (χ4v) is 2.97. The molecular weight excluding hydrogens is 358 g/mol. The molecule has 0 spiro atoms. The minimum atomic E-state index is 0.516. The van der Waals surface area contributed by atoms with E-state index in [9.17, 15) is 0 Å². The van der Waals surface area contributed by atoms with Gasteiger partial charge in [0.25, 0.3) is 0 Å². The van der Waals surface area contributed by atoms with E-state index >= 15 is 0 Å². The molecule has 2 nitrogen and oxygen atoms in total. The molecule has 0 unspecified atom stereocenters. The van der Waals surface area contributed by atoms with Gasteiger partial charge >= 0.3 is 0 Å². The van der Waals surface area contributed by atoms with Gasteiger partial charge in [0.05, 0.1) is 11.1 Å². The SMILES string of the molecule is CCCOc1c(Br)cc(Br)cc1CN[C@H](C)CC. The maximum absolute atomic E-state index is 5.83. The van der Waals surface area contributed by atoms with Gasteiger partial charge in [-0.15, -0.1) is 0 Å². The lowest BCUT2D eigenvalue weighted by molar-refractivity contribution is 0.310. The van der Waals surface area contributed by atoms with Crippen LogP contribution in [0.5, 0.6) is 5.75 Å². The van der Waals surface area contributed by atoms with Crippen molar-refractivity contribution in [2.75, 3.05) is 6.61 Å². The summed E-state index contributed by atoms with van der Waals surface area (Å²) in [4.78, 5) is 0. The molecule has 0 aliphatic carbocycles. The largest absolute Gasteiger partial charge is 0.492 e. The van der Waals surface area contributed by atoms with Gasteiger partial charge in [0, 0.05) is 22.6 Å². The Labute approximate surface area is 127 Å². The second-order valence-electron chi connectivity index (χ2n) is 4.41. The van der Waals surface area contributed by atoms with Gasteiger partial charge in [-0.2, -0.15) is 0 Å². The van der Waals surface area contributed by atoms with E-state index in [1.807, 2.05) is 6.07 Å². The predicted molar refractivity (Wildman–Crippen MR) is 84.2 cm³/mol. The van der Waals surface area contributed by atoms with E-state index in [0.717, 1.165) is 40.7 Å². The first-order valence-corrected chi connectivity index (χ1v) is 8.01. The van der Waals surface area contributed by atoms with Gasteiger partial charge < -0.3 is 10.1 Å². The zero-order valence-corrected chi connectivity index (χ0v) is 14.4. The van der Waals surface area contributed by atoms with Crippen molar-refractivity contribution in [3.05, 3.63) is 26.6 Å². The molecule has 0 aromatic heterocycles. The molecule has 0 aliphatic heterocycles. The van der Waals surface area contributed by atoms with Crippen LogP contribution < -0.4 is 10.1 Å². The van der Waals surface area contributed by atoms with Gasteiger partial charge in [-0.05, 0) is 47.8 Å². The minimum absolute atomic E-state index is 0.516. The molecule has 0 bridgehead atoms. The second kappa shape index (κ2) is 8.18. The number of benzene rings is 1. The van der Waals surface area contributed by atoms with Gasteiger partial charge in [-0.25, -0.2) is 0 Å². The quantitative estimate of drug-likeness (QED) is 0.729. The van der Waals surface area contributed by atoms with Crippen molar-refractivity contribution in [2.45, 2.75) is 46.2 Å². The summed E-state index contributed by atoms with van der Waals surface area (Å²) in [5, 5.41) is 3.50. The molecule has 0 saturated heterocycles. The summed E-state index contributed by atoms with van der Waals surface area (Å²) in [6.45, 7) is 8.06. The summed E-state index contributed by atoms with van der Waals surface area (Å²) < 4.78 is 7.90. The zero-order valence-electron chi connectivity index (χ0n) is 11.2. The first kappa shape index (κ1) is 16.0. The van der Waals surface area contributed by atoms with Gasteiger partial charge in [0.15, 0.2) is 0 Å². The second-order valence-corrected chi connectivity index (χ2v) is 6.18. The summed E-state index contributed by atoms with van der Waals surface area (Å²) in [6.07, 6.45) is 2.14. The van der Waals surface area contributed by atoms with Crippen LogP contribution in [-0.2, 0) is 6.54 Å². The van der Waals surface area contributed by atoms with E-state index < -0.39 is 0 Å². The molecule has 1 atom stereocenters. The highest BCUT2D eigenvalue weighted by Crippen LogP contribution is 2.33. The average Bonchev–Trinajstić information content (AvgIpc) is 2.34. The molecule has 102 valence electrons. The van der Waals surface area contributed by atoms with Crippen molar-refractivity contribution in [1.82, 2.24) is 5.32 Å². The van der Waals surface area contributed by atoms with Gasteiger partial charge in [0.1, 0.15) is 5.75 Å². The highest BCUT2D eigenvalue weighted by atomic mass is 79.9. The van der Waals surface area contributed by atoms with E-state index in [4.69, 9.17) is 4.74 Å². The molecule has 0 fully saturated rings. The lowest BCUT2D eigenvalue weighted by atomic mass is 10.1. The van der Waals surface area contributed by atoms with Crippen LogP contribution >= 0.6 is 31.9 Å². The lowest BCUT2D eigenvalue weighted by Crippen LogP contribution is -2.24. The van der Waals surface area contributed by atoms with Crippen LogP contribution in [0.25, 0.3) is 0 Å². The third-order valence-corrected chi connectivity index (χ3v) is 3.84. The third kappa shape index (κ3) is 4.90. The number of nitrogens with one attached hydrogen (secondary N) is 1. The Kier molecular flexibility index (Phi) is 7.27. The first-order chi connectivity index (χ1) is 8.58. The summed E-state index contributed by atoms with van der Waals surface area (Å²) in [5.74, 6) is 0.954. The molecule has 0 amide bonds. The van der Waals surface area contributed by atoms with Crippen molar-refractivity contribution in [2.24, 2.45) is 0 Å². The molecule has 1 aromatic rings. The van der Waals surface area contributed by atoms with E-state index in [1.54, 1.807) is 0 Å². The normalized spacial score (nSPS) is 12.5. The Bertz CT molecular complexity index is 382. The van der Waals surface area contributed by atoms with Crippen LogP contribution in [0.2, 0.25) is 0 Å². The number of hydrogen-bond donors (Lipinski definition) is 1. The molecule has 1 N–H and O–H groups in total. The van der Waals surface area contributed by atoms with E-state index in [-0.39, 0.29) is 0 Å². The third-order valence-electron chi connectivity index (χ3n) is 2.79. The lowest BCUT2D eigenvalue weighted by Gasteiger charge is -2.16. The molecule has 18 heavy (non-hydrogen) atoms. The number of rotatable bonds is 7. The number of halogens is 2. The van der Waals surface area contributed by atoms with Crippen LogP contribution in [0.15, 0.2) is 21.1 Å². The molecule has 0 radical (unpaired) electrons. The minimum Gasteiger partial charge on any atom is -0.492 e. The van der Waals surface area contributed by atoms with Crippen LogP contribution in [0.3, 0.4) is 0 Å². The summed E-state index contributed by atoms with van der Waals surface area (Å²) >= 11 is 7.10. The molecule has 0 aliphatic rings. The number of hydrogen-bond acceptors (Lipinski definition) is 2. The Balaban J connectivity index is 2.85. The smallest absolute Gasteiger partial charge is 0.138 e. The fourth-order valence-electron chi connectivity index (χ4n) is 1.54. The highest BCUT2D eigenvalue weighted by molar-refractivity contribution is 9.11. The van der Waals surface area contributed by atoms with Crippen LogP contribution in [0.4, 0.5) is 0 Å². The summed E-state index contributed by atoms with van der Waals surface area (Å²) in [5.41, 5.74) is 1.19. The molecule has 1 rings (SSSR count). The van der Waals surface area contributed by atoms with Crippen molar-refractivity contribution >= 4 is 31.9 Å². The zero-order chi connectivity index (χ0) is 13.5.